The van der Waals surface area contributed by atoms with Crippen molar-refractivity contribution in [2.75, 3.05) is 18.4 Å². The minimum Gasteiger partial charge on any atom is -0.465 e. The lowest BCUT2D eigenvalue weighted by molar-refractivity contribution is 0.131. The fourth-order valence-corrected chi connectivity index (χ4v) is 4.49. The standard InChI is InChI=1S/C24H24N6O4/c31-20-13-19(16-9-11-29(12-10-16)24(33)34)30-22(27-20)21-17(7-4-8-18(21)28-30)26-23(32)25-14-15-5-2-1-3-6-15/h1-8,13,16H,9-12,14H2,(H,27,31)(H,33,34)(H2,25,26,32). The molecular formula is C24H24N6O4. The maximum absolute atomic E-state index is 12.6. The number of aromatic nitrogens is 3. The van der Waals surface area contributed by atoms with Gasteiger partial charge in [0.15, 0.2) is 0 Å². The number of carbonyl (C=O) groups is 2. The van der Waals surface area contributed by atoms with E-state index in [1.165, 1.54) is 11.0 Å². The molecule has 174 valence electrons. The molecule has 3 heterocycles. The Balaban J connectivity index is 1.45. The Morgan fingerprint density at radius 3 is 2.59 bits per heavy atom. The van der Waals surface area contributed by atoms with Crippen LogP contribution >= 0.6 is 0 Å². The van der Waals surface area contributed by atoms with Gasteiger partial charge < -0.3 is 25.6 Å². The number of nitrogens with zero attached hydrogens (tertiary/aromatic N) is 3. The Hall–Kier alpha value is -4.34. The summed E-state index contributed by atoms with van der Waals surface area (Å²) in [5.74, 6) is 0.000271. The first kappa shape index (κ1) is 21.5. The largest absolute Gasteiger partial charge is 0.465 e. The van der Waals surface area contributed by atoms with Crippen molar-refractivity contribution in [2.45, 2.75) is 25.3 Å². The van der Waals surface area contributed by atoms with Crippen LogP contribution in [0.15, 0.2) is 59.4 Å². The number of carboxylic acid groups (broad SMARTS) is 1. The molecule has 0 bridgehead atoms. The van der Waals surface area contributed by atoms with Crippen molar-refractivity contribution in [1.82, 2.24) is 24.8 Å². The molecule has 1 fully saturated rings. The average Bonchev–Trinajstić information content (AvgIpc) is 3.22. The fourth-order valence-electron chi connectivity index (χ4n) is 4.49. The number of aromatic amines is 1. The number of carbonyl (C=O) groups excluding carboxylic acids is 1. The van der Waals surface area contributed by atoms with Crippen LogP contribution in [0.1, 0.15) is 30.0 Å². The van der Waals surface area contributed by atoms with Crippen molar-refractivity contribution in [3.63, 3.8) is 0 Å². The van der Waals surface area contributed by atoms with Crippen LogP contribution in [0.25, 0.3) is 16.6 Å². The molecular weight excluding hydrogens is 436 g/mol. The van der Waals surface area contributed by atoms with Crippen LogP contribution in [0.5, 0.6) is 0 Å². The molecule has 2 aromatic heterocycles. The molecule has 1 saturated heterocycles. The number of benzene rings is 2. The molecule has 1 aliphatic heterocycles. The lowest BCUT2D eigenvalue weighted by Gasteiger charge is -2.30. The van der Waals surface area contributed by atoms with E-state index >= 15 is 0 Å². The zero-order chi connectivity index (χ0) is 23.7. The Bertz CT molecular complexity index is 1420. The number of H-pyrrole nitrogens is 1. The first-order valence-corrected chi connectivity index (χ1v) is 11.1. The summed E-state index contributed by atoms with van der Waals surface area (Å²) < 4.78 is 1.71. The molecule has 0 spiro atoms. The number of nitrogens with one attached hydrogen (secondary N) is 3. The van der Waals surface area contributed by atoms with Crippen molar-refractivity contribution >= 4 is 34.4 Å². The molecule has 4 aromatic rings. The molecule has 3 amide bonds. The smallest absolute Gasteiger partial charge is 0.407 e. The molecule has 2 aromatic carbocycles. The zero-order valence-corrected chi connectivity index (χ0v) is 18.3. The Morgan fingerprint density at radius 1 is 1.09 bits per heavy atom. The van der Waals surface area contributed by atoms with Crippen LogP contribution < -0.4 is 16.2 Å². The van der Waals surface area contributed by atoms with E-state index in [1.54, 1.807) is 16.6 Å². The SMILES string of the molecule is O=C(NCc1ccccc1)Nc1cccc2nn3c(C4CCN(C(=O)O)CC4)cc(=O)[nH]c3c12. The highest BCUT2D eigenvalue weighted by Gasteiger charge is 2.26. The number of likely N-dealkylation sites (tertiary alicyclic amines) is 1. The van der Waals surface area contributed by atoms with E-state index in [0.29, 0.717) is 54.7 Å². The molecule has 0 radical (unpaired) electrons. The third kappa shape index (κ3) is 4.17. The summed E-state index contributed by atoms with van der Waals surface area (Å²) in [7, 11) is 0. The van der Waals surface area contributed by atoms with Crippen LogP contribution in [0.4, 0.5) is 15.3 Å². The monoisotopic (exact) mass is 460 g/mol. The number of amides is 3. The molecule has 0 saturated carbocycles. The topological polar surface area (TPSA) is 132 Å². The highest BCUT2D eigenvalue weighted by atomic mass is 16.4. The van der Waals surface area contributed by atoms with Gasteiger partial charge >= 0.3 is 12.1 Å². The number of rotatable bonds is 4. The minimum absolute atomic E-state index is 0.000271. The van der Waals surface area contributed by atoms with E-state index in [4.69, 9.17) is 5.10 Å². The Kier molecular flexibility index (Phi) is 5.62. The quantitative estimate of drug-likeness (QED) is 0.371. The van der Waals surface area contributed by atoms with Crippen LogP contribution in [-0.4, -0.2) is 49.8 Å². The Morgan fingerprint density at radius 2 is 1.85 bits per heavy atom. The van der Waals surface area contributed by atoms with Gasteiger partial charge in [0.2, 0.25) is 0 Å². The summed E-state index contributed by atoms with van der Waals surface area (Å²) in [6, 6.07) is 16.1. The second-order valence-corrected chi connectivity index (χ2v) is 8.36. The third-order valence-electron chi connectivity index (χ3n) is 6.19. The summed E-state index contributed by atoms with van der Waals surface area (Å²) in [4.78, 5) is 40.6. The van der Waals surface area contributed by atoms with Gasteiger partial charge in [-0.1, -0.05) is 36.4 Å². The summed E-state index contributed by atoms with van der Waals surface area (Å²) in [5.41, 5.74) is 3.11. The van der Waals surface area contributed by atoms with Crippen molar-refractivity contribution < 1.29 is 14.7 Å². The van der Waals surface area contributed by atoms with E-state index in [2.05, 4.69) is 15.6 Å². The van der Waals surface area contributed by atoms with Crippen molar-refractivity contribution in [1.29, 1.82) is 0 Å². The van der Waals surface area contributed by atoms with Crippen LogP contribution in [0.2, 0.25) is 0 Å². The van der Waals surface area contributed by atoms with Gasteiger partial charge in [-0.25, -0.2) is 14.1 Å². The van der Waals surface area contributed by atoms with Crippen LogP contribution in [-0.2, 0) is 6.54 Å². The maximum Gasteiger partial charge on any atom is 0.407 e. The number of fused-ring (bicyclic) bond motifs is 3. The highest BCUT2D eigenvalue weighted by molar-refractivity contribution is 6.07. The fraction of sp³-hybridized carbons (Fsp3) is 0.250. The number of hydrogen-bond acceptors (Lipinski definition) is 4. The van der Waals surface area contributed by atoms with E-state index in [9.17, 15) is 19.5 Å². The van der Waals surface area contributed by atoms with E-state index in [0.717, 1.165) is 11.3 Å². The molecule has 5 rings (SSSR count). The first-order chi connectivity index (χ1) is 16.5. The number of piperidine rings is 1. The molecule has 4 N–H and O–H groups in total. The molecule has 10 nitrogen and oxygen atoms in total. The van der Waals surface area contributed by atoms with E-state index in [1.807, 2.05) is 36.4 Å². The second kappa shape index (κ2) is 8.89. The number of urea groups is 1. The van der Waals surface area contributed by atoms with E-state index < -0.39 is 6.09 Å². The van der Waals surface area contributed by atoms with Gasteiger partial charge in [0.05, 0.1) is 22.3 Å². The predicted molar refractivity (Wildman–Crippen MR) is 127 cm³/mol. The minimum atomic E-state index is -0.930. The highest BCUT2D eigenvalue weighted by Crippen LogP contribution is 2.31. The molecule has 34 heavy (non-hydrogen) atoms. The second-order valence-electron chi connectivity index (χ2n) is 8.36. The first-order valence-electron chi connectivity index (χ1n) is 11.1. The van der Waals surface area contributed by atoms with Crippen LogP contribution in [0.3, 0.4) is 0 Å². The van der Waals surface area contributed by atoms with Gasteiger partial charge in [0.1, 0.15) is 5.65 Å². The van der Waals surface area contributed by atoms with Gasteiger partial charge in [0, 0.05) is 31.6 Å². The van der Waals surface area contributed by atoms with Crippen molar-refractivity contribution in [2.24, 2.45) is 0 Å². The lowest BCUT2D eigenvalue weighted by atomic mass is 9.93. The summed E-state index contributed by atoms with van der Waals surface area (Å²) in [6.07, 6.45) is 0.280. The lowest BCUT2D eigenvalue weighted by Crippen LogP contribution is -2.37. The van der Waals surface area contributed by atoms with Gasteiger partial charge in [-0.2, -0.15) is 5.10 Å². The molecule has 1 aliphatic rings. The maximum atomic E-state index is 12.6. The van der Waals surface area contributed by atoms with Gasteiger partial charge in [0.25, 0.3) is 5.56 Å². The summed E-state index contributed by atoms with van der Waals surface area (Å²) in [5, 5.41) is 20.3. The van der Waals surface area contributed by atoms with Gasteiger partial charge in [-0.05, 0) is 30.5 Å². The molecule has 0 atom stereocenters. The molecule has 0 unspecified atom stereocenters. The van der Waals surface area contributed by atoms with Gasteiger partial charge in [-0.3, -0.25) is 4.79 Å². The van der Waals surface area contributed by atoms with Crippen molar-refractivity contribution in [3.8, 4) is 0 Å². The molecule has 0 aliphatic carbocycles. The van der Waals surface area contributed by atoms with E-state index in [-0.39, 0.29) is 17.5 Å². The normalized spacial score (nSPS) is 14.4. The average molecular weight is 460 g/mol. The van der Waals surface area contributed by atoms with Crippen LogP contribution in [0, 0.1) is 0 Å². The third-order valence-corrected chi connectivity index (χ3v) is 6.19. The molecule has 10 heteroatoms. The summed E-state index contributed by atoms with van der Waals surface area (Å²) in [6.45, 7) is 1.19. The number of hydrogen-bond donors (Lipinski definition) is 4. The zero-order valence-electron chi connectivity index (χ0n) is 18.3. The number of anilines is 1. The van der Waals surface area contributed by atoms with Gasteiger partial charge in [-0.15, -0.1) is 0 Å². The van der Waals surface area contributed by atoms with Crippen molar-refractivity contribution in [3.05, 3.63) is 76.2 Å². The Labute approximate surface area is 194 Å². The summed E-state index contributed by atoms with van der Waals surface area (Å²) >= 11 is 0. The predicted octanol–water partition coefficient (Wildman–Crippen LogP) is 3.35.